The van der Waals surface area contributed by atoms with Crippen LogP contribution in [0.1, 0.15) is 31.2 Å². The van der Waals surface area contributed by atoms with Crippen molar-refractivity contribution in [1.29, 1.82) is 0 Å². The number of halogens is 1. The predicted octanol–water partition coefficient (Wildman–Crippen LogP) is 2.98. The van der Waals surface area contributed by atoms with Gasteiger partial charge in [0.25, 0.3) is 0 Å². The molecule has 2 fully saturated rings. The molecule has 0 saturated heterocycles. The van der Waals surface area contributed by atoms with E-state index in [1.165, 1.54) is 19.3 Å². The van der Waals surface area contributed by atoms with Crippen molar-refractivity contribution < 1.29 is 4.79 Å². The van der Waals surface area contributed by atoms with E-state index >= 15 is 0 Å². The van der Waals surface area contributed by atoms with Crippen LogP contribution >= 0.6 is 11.6 Å². The summed E-state index contributed by atoms with van der Waals surface area (Å²) in [5.41, 5.74) is 3.87. The van der Waals surface area contributed by atoms with Crippen LogP contribution in [-0.2, 0) is 4.79 Å². The average Bonchev–Trinajstić information content (AvgIpc) is 3.04. The van der Waals surface area contributed by atoms with E-state index in [0.29, 0.717) is 10.4 Å². The van der Waals surface area contributed by atoms with E-state index in [1.54, 1.807) is 6.21 Å². The highest BCUT2D eigenvalue weighted by Crippen LogP contribution is 2.65. The van der Waals surface area contributed by atoms with E-state index < -0.39 is 0 Å². The van der Waals surface area contributed by atoms with Gasteiger partial charge in [-0.1, -0.05) is 30.2 Å². The van der Waals surface area contributed by atoms with Crippen LogP contribution in [0.4, 0.5) is 0 Å². The van der Waals surface area contributed by atoms with E-state index in [2.05, 4.69) is 10.5 Å². The molecule has 2 aliphatic rings. The molecule has 1 atom stereocenters. The highest BCUT2D eigenvalue weighted by atomic mass is 35.5. The first-order chi connectivity index (χ1) is 8.70. The molecule has 4 heteroatoms. The molecule has 3 rings (SSSR count). The number of hydrogen-bond acceptors (Lipinski definition) is 2. The smallest absolute Gasteiger partial charge is 0.243 e. The van der Waals surface area contributed by atoms with Crippen molar-refractivity contribution in [2.75, 3.05) is 0 Å². The van der Waals surface area contributed by atoms with E-state index in [1.807, 2.05) is 24.3 Å². The summed E-state index contributed by atoms with van der Waals surface area (Å²) < 4.78 is 0. The second kappa shape index (κ2) is 4.39. The zero-order valence-electron chi connectivity index (χ0n) is 10.0. The molecular weight excluding hydrogens is 248 g/mol. The molecule has 1 aromatic carbocycles. The van der Waals surface area contributed by atoms with Crippen LogP contribution in [0.25, 0.3) is 0 Å². The van der Waals surface area contributed by atoms with Crippen LogP contribution in [0, 0.1) is 11.3 Å². The van der Waals surface area contributed by atoms with Gasteiger partial charge in [-0.2, -0.15) is 5.10 Å². The molecule has 94 valence electrons. The van der Waals surface area contributed by atoms with E-state index in [9.17, 15) is 4.79 Å². The molecule has 0 heterocycles. The zero-order chi connectivity index (χ0) is 12.6. The fourth-order valence-corrected chi connectivity index (χ4v) is 2.94. The second-order valence-corrected chi connectivity index (χ2v) is 5.70. The van der Waals surface area contributed by atoms with Gasteiger partial charge in [-0.05, 0) is 42.4 Å². The monoisotopic (exact) mass is 262 g/mol. The molecule has 1 N–H and O–H groups in total. The van der Waals surface area contributed by atoms with Gasteiger partial charge >= 0.3 is 0 Å². The maximum absolute atomic E-state index is 11.8. The molecule has 0 aliphatic heterocycles. The van der Waals surface area contributed by atoms with E-state index in [-0.39, 0.29) is 11.8 Å². The third-order valence-electron chi connectivity index (χ3n) is 4.09. The molecule has 3 nitrogen and oxygen atoms in total. The summed E-state index contributed by atoms with van der Waals surface area (Å²) in [5.74, 6) is 0.260. The van der Waals surface area contributed by atoms with Crippen LogP contribution in [0.15, 0.2) is 29.4 Å². The van der Waals surface area contributed by atoms with Gasteiger partial charge in [0.05, 0.1) is 6.21 Å². The van der Waals surface area contributed by atoms with E-state index in [4.69, 9.17) is 11.6 Å². The Morgan fingerprint density at radius 3 is 2.94 bits per heavy atom. The van der Waals surface area contributed by atoms with Crippen molar-refractivity contribution in [2.45, 2.75) is 25.7 Å². The topological polar surface area (TPSA) is 41.5 Å². The van der Waals surface area contributed by atoms with Crippen molar-refractivity contribution in [2.24, 2.45) is 16.4 Å². The predicted molar refractivity (Wildman–Crippen MR) is 71.6 cm³/mol. The molecule has 1 amide bonds. The Hall–Kier alpha value is -1.35. The lowest BCUT2D eigenvalue weighted by molar-refractivity contribution is -0.123. The third kappa shape index (κ3) is 2.15. The lowest BCUT2D eigenvalue weighted by atomic mass is 9.80. The number of nitrogens with one attached hydrogen (secondary N) is 1. The summed E-state index contributed by atoms with van der Waals surface area (Å²) in [4.78, 5) is 11.8. The number of rotatable bonds is 3. The number of carbonyl (C=O) groups is 1. The van der Waals surface area contributed by atoms with Gasteiger partial charge < -0.3 is 0 Å². The second-order valence-electron chi connectivity index (χ2n) is 5.26. The SMILES string of the molecule is O=C(N/N=C/c1cccc(Cl)c1)C1CC12CCC2. The van der Waals surface area contributed by atoms with Crippen molar-refractivity contribution in [3.05, 3.63) is 34.9 Å². The van der Waals surface area contributed by atoms with Crippen LogP contribution in [0.2, 0.25) is 5.02 Å². The Morgan fingerprint density at radius 2 is 2.33 bits per heavy atom. The number of hydrazone groups is 1. The number of amides is 1. The summed E-state index contributed by atoms with van der Waals surface area (Å²) >= 11 is 5.86. The summed E-state index contributed by atoms with van der Waals surface area (Å²) in [6.07, 6.45) is 6.37. The maximum atomic E-state index is 11.8. The summed E-state index contributed by atoms with van der Waals surface area (Å²) in [7, 11) is 0. The Kier molecular flexibility index (Phi) is 2.86. The van der Waals surface area contributed by atoms with Crippen molar-refractivity contribution in [3.63, 3.8) is 0 Å². The quantitative estimate of drug-likeness (QED) is 0.660. The van der Waals surface area contributed by atoms with Gasteiger partial charge in [-0.25, -0.2) is 5.43 Å². The lowest BCUT2D eigenvalue weighted by Crippen LogP contribution is -2.26. The minimum absolute atomic E-state index is 0.0629. The minimum atomic E-state index is 0.0629. The van der Waals surface area contributed by atoms with Crippen molar-refractivity contribution in [1.82, 2.24) is 5.43 Å². The minimum Gasteiger partial charge on any atom is -0.273 e. The highest BCUT2D eigenvalue weighted by Gasteiger charge is 2.60. The normalized spacial score (nSPS) is 23.9. The fraction of sp³-hybridized carbons (Fsp3) is 0.429. The lowest BCUT2D eigenvalue weighted by Gasteiger charge is -2.25. The van der Waals surface area contributed by atoms with Crippen molar-refractivity contribution >= 4 is 23.7 Å². The molecule has 1 unspecified atom stereocenters. The molecule has 2 saturated carbocycles. The number of nitrogens with zero attached hydrogens (tertiary/aromatic N) is 1. The van der Waals surface area contributed by atoms with Gasteiger partial charge in [-0.3, -0.25) is 4.79 Å². The van der Waals surface area contributed by atoms with Gasteiger partial charge in [0.1, 0.15) is 0 Å². The van der Waals surface area contributed by atoms with Crippen molar-refractivity contribution in [3.8, 4) is 0 Å². The van der Waals surface area contributed by atoms with E-state index in [0.717, 1.165) is 12.0 Å². The van der Waals surface area contributed by atoms with Gasteiger partial charge in [-0.15, -0.1) is 0 Å². The number of benzene rings is 1. The van der Waals surface area contributed by atoms with Gasteiger partial charge in [0.15, 0.2) is 0 Å². The Bertz CT molecular complexity index is 508. The summed E-state index contributed by atoms with van der Waals surface area (Å²) in [5, 5.41) is 4.65. The standard InChI is InChI=1S/C14H15ClN2O/c15-11-4-1-3-10(7-11)9-16-17-13(18)12-8-14(12)5-2-6-14/h1,3-4,7,9,12H,2,5-6,8H2,(H,17,18)/b16-9+. The third-order valence-corrected chi connectivity index (χ3v) is 4.33. The zero-order valence-corrected chi connectivity index (χ0v) is 10.8. The molecule has 0 radical (unpaired) electrons. The molecule has 18 heavy (non-hydrogen) atoms. The molecule has 0 aromatic heterocycles. The first-order valence-electron chi connectivity index (χ1n) is 6.28. The fourth-order valence-electron chi connectivity index (χ4n) is 2.74. The van der Waals surface area contributed by atoms with Crippen LogP contribution in [0.5, 0.6) is 0 Å². The highest BCUT2D eigenvalue weighted by molar-refractivity contribution is 6.30. The van der Waals surface area contributed by atoms with Crippen LogP contribution in [0.3, 0.4) is 0 Å². The van der Waals surface area contributed by atoms with Gasteiger partial charge in [0, 0.05) is 10.9 Å². The number of carbonyl (C=O) groups excluding carboxylic acids is 1. The Labute approximate surface area is 111 Å². The molecule has 0 bridgehead atoms. The Balaban J connectivity index is 1.53. The summed E-state index contributed by atoms with van der Waals surface area (Å²) in [6.45, 7) is 0. The first-order valence-corrected chi connectivity index (χ1v) is 6.66. The van der Waals surface area contributed by atoms with Crippen LogP contribution < -0.4 is 5.43 Å². The molecule has 2 aliphatic carbocycles. The Morgan fingerprint density at radius 1 is 1.50 bits per heavy atom. The average molecular weight is 263 g/mol. The van der Waals surface area contributed by atoms with Gasteiger partial charge in [0.2, 0.25) is 5.91 Å². The molecular formula is C14H15ClN2O. The van der Waals surface area contributed by atoms with Crippen LogP contribution in [-0.4, -0.2) is 12.1 Å². The maximum Gasteiger partial charge on any atom is 0.243 e. The summed E-state index contributed by atoms with van der Waals surface area (Å²) in [6, 6.07) is 7.37. The molecule has 1 spiro atoms. The largest absolute Gasteiger partial charge is 0.273 e. The molecule has 1 aromatic rings. The number of hydrogen-bond donors (Lipinski definition) is 1. The first kappa shape index (κ1) is 11.7.